The minimum absolute atomic E-state index is 0.177. The van der Waals surface area contributed by atoms with E-state index in [0.717, 1.165) is 48.4 Å². The fourth-order valence-electron chi connectivity index (χ4n) is 5.14. The predicted molar refractivity (Wildman–Crippen MR) is 163 cm³/mol. The molecule has 1 saturated heterocycles. The van der Waals surface area contributed by atoms with Crippen LogP contribution in [0.15, 0.2) is 91.0 Å². The van der Waals surface area contributed by atoms with Crippen LogP contribution >= 0.6 is 0 Å². The van der Waals surface area contributed by atoms with Gasteiger partial charge in [0, 0.05) is 39.3 Å². The van der Waals surface area contributed by atoms with Crippen LogP contribution in [0, 0.1) is 5.92 Å². The van der Waals surface area contributed by atoms with E-state index in [1.54, 1.807) is 14.2 Å². The molecular formula is C33H38N4O4. The lowest BCUT2D eigenvalue weighted by molar-refractivity contribution is -0.141. The molecule has 5 rings (SSSR count). The molecule has 1 aliphatic rings. The number of nitrogens with one attached hydrogen (secondary N) is 1. The molecule has 41 heavy (non-hydrogen) atoms. The zero-order valence-corrected chi connectivity index (χ0v) is 23.7. The molecule has 214 valence electrons. The van der Waals surface area contributed by atoms with Crippen LogP contribution < -0.4 is 25.4 Å². The van der Waals surface area contributed by atoms with E-state index in [2.05, 4.69) is 16.3 Å². The maximum atomic E-state index is 6.73. The summed E-state index contributed by atoms with van der Waals surface area (Å²) in [5.41, 5.74) is 12.0. The van der Waals surface area contributed by atoms with Gasteiger partial charge in [-0.3, -0.25) is 0 Å². The summed E-state index contributed by atoms with van der Waals surface area (Å²) in [5.74, 6) is 1.29. The third-order valence-electron chi connectivity index (χ3n) is 7.36. The number of rotatable bonds is 12. The minimum atomic E-state index is -0.177. The Labute approximate surface area is 242 Å². The van der Waals surface area contributed by atoms with Crippen LogP contribution in [0.5, 0.6) is 11.8 Å². The molecule has 0 amide bonds. The van der Waals surface area contributed by atoms with Gasteiger partial charge < -0.3 is 34.9 Å². The Bertz CT molecular complexity index is 1370. The average molecular weight is 555 g/mol. The maximum absolute atomic E-state index is 6.73. The molecule has 2 heterocycles. The number of hydrogen-bond donors (Lipinski definition) is 2. The Kier molecular flexibility index (Phi) is 9.57. The number of methoxy groups -OCH3 is 2. The van der Waals surface area contributed by atoms with Gasteiger partial charge in [-0.2, -0.15) is 4.98 Å². The fraction of sp³-hybridized carbons (Fsp3) is 0.303. The van der Waals surface area contributed by atoms with Gasteiger partial charge in [0.25, 0.3) is 0 Å². The number of para-hydroxylation sites is 1. The molecule has 8 heteroatoms. The van der Waals surface area contributed by atoms with E-state index >= 15 is 0 Å². The number of nitrogens with zero attached hydrogens (tertiary/aromatic N) is 2. The first-order chi connectivity index (χ1) is 20.1. The van der Waals surface area contributed by atoms with E-state index in [-0.39, 0.29) is 6.29 Å². The van der Waals surface area contributed by atoms with Crippen LogP contribution in [0.2, 0.25) is 0 Å². The van der Waals surface area contributed by atoms with Gasteiger partial charge >= 0.3 is 0 Å². The van der Waals surface area contributed by atoms with Crippen molar-refractivity contribution in [2.24, 2.45) is 5.92 Å². The molecule has 0 radical (unpaired) electrons. The second kappa shape index (κ2) is 13.9. The molecule has 1 aromatic heterocycles. The van der Waals surface area contributed by atoms with Crippen LogP contribution in [-0.2, 0) is 22.7 Å². The Balaban J connectivity index is 1.33. The highest BCUT2D eigenvalue weighted by Crippen LogP contribution is 2.37. The number of nitrogen functional groups attached to an aromatic ring is 1. The largest absolute Gasteiger partial charge is 0.473 e. The van der Waals surface area contributed by atoms with Crippen molar-refractivity contribution in [1.29, 1.82) is 0 Å². The van der Waals surface area contributed by atoms with Crippen LogP contribution in [0.25, 0.3) is 0 Å². The fourth-order valence-corrected chi connectivity index (χ4v) is 5.14. The normalized spacial score (nSPS) is 13.8. The molecule has 3 N–H and O–H groups in total. The number of pyridine rings is 1. The number of anilines is 4. The monoisotopic (exact) mass is 554 g/mol. The van der Waals surface area contributed by atoms with E-state index < -0.39 is 0 Å². The van der Waals surface area contributed by atoms with Gasteiger partial charge in [0.15, 0.2) is 6.29 Å². The molecule has 3 aromatic carbocycles. The third kappa shape index (κ3) is 7.28. The summed E-state index contributed by atoms with van der Waals surface area (Å²) in [7, 11) is 3.39. The second-order valence-electron chi connectivity index (χ2n) is 10.1. The maximum Gasteiger partial charge on any atom is 0.241 e. The van der Waals surface area contributed by atoms with E-state index in [0.29, 0.717) is 42.3 Å². The lowest BCUT2D eigenvalue weighted by Crippen LogP contribution is -2.39. The molecule has 4 aromatic rings. The molecule has 0 unspecified atom stereocenters. The first kappa shape index (κ1) is 28.3. The summed E-state index contributed by atoms with van der Waals surface area (Å²) in [5, 5.41) is 3.47. The van der Waals surface area contributed by atoms with Gasteiger partial charge in [-0.15, -0.1) is 0 Å². The van der Waals surface area contributed by atoms with Crippen LogP contribution in [0.4, 0.5) is 22.7 Å². The summed E-state index contributed by atoms with van der Waals surface area (Å²) in [6.07, 6.45) is 1.76. The Morgan fingerprint density at radius 2 is 1.41 bits per heavy atom. The zero-order valence-electron chi connectivity index (χ0n) is 23.7. The van der Waals surface area contributed by atoms with Crippen molar-refractivity contribution in [3.8, 4) is 11.8 Å². The van der Waals surface area contributed by atoms with Gasteiger partial charge in [-0.1, -0.05) is 66.7 Å². The van der Waals surface area contributed by atoms with Crippen molar-refractivity contribution in [3.05, 3.63) is 102 Å². The number of nitrogens with two attached hydrogens (primary N) is 1. The SMILES string of the molecule is COC(OC)C1CCN(c2cccc(Nc3ccc(OCc4ccccc4)nc3OCc3ccccc3)c2N)CC1. The molecule has 0 spiro atoms. The molecule has 1 aliphatic heterocycles. The molecule has 0 atom stereocenters. The summed E-state index contributed by atoms with van der Waals surface area (Å²) in [6, 6.07) is 29.8. The van der Waals surface area contributed by atoms with Gasteiger partial charge in [0.1, 0.15) is 18.9 Å². The highest BCUT2D eigenvalue weighted by atomic mass is 16.7. The van der Waals surface area contributed by atoms with Crippen molar-refractivity contribution in [1.82, 2.24) is 4.98 Å². The Hall–Kier alpha value is -4.27. The van der Waals surface area contributed by atoms with Gasteiger partial charge in [-0.05, 0) is 42.2 Å². The summed E-state index contributed by atoms with van der Waals surface area (Å²) < 4.78 is 23.2. The van der Waals surface area contributed by atoms with Crippen molar-refractivity contribution in [3.63, 3.8) is 0 Å². The number of aromatic nitrogens is 1. The van der Waals surface area contributed by atoms with Crippen molar-refractivity contribution < 1.29 is 18.9 Å². The van der Waals surface area contributed by atoms with Crippen LogP contribution in [0.3, 0.4) is 0 Å². The number of benzene rings is 3. The van der Waals surface area contributed by atoms with Gasteiger partial charge in [-0.25, -0.2) is 0 Å². The van der Waals surface area contributed by atoms with E-state index in [4.69, 9.17) is 29.7 Å². The van der Waals surface area contributed by atoms with Crippen molar-refractivity contribution in [2.75, 3.05) is 43.3 Å². The van der Waals surface area contributed by atoms with Crippen molar-refractivity contribution in [2.45, 2.75) is 32.3 Å². The number of piperidine rings is 1. The van der Waals surface area contributed by atoms with E-state index in [1.807, 2.05) is 84.9 Å². The highest BCUT2D eigenvalue weighted by Gasteiger charge is 2.27. The van der Waals surface area contributed by atoms with Gasteiger partial charge in [0.05, 0.1) is 17.1 Å². The summed E-state index contributed by atoms with van der Waals surface area (Å²) >= 11 is 0. The zero-order chi connectivity index (χ0) is 28.4. The number of hydrogen-bond acceptors (Lipinski definition) is 8. The Morgan fingerprint density at radius 1 is 0.780 bits per heavy atom. The molecule has 0 saturated carbocycles. The molecule has 8 nitrogen and oxygen atoms in total. The van der Waals surface area contributed by atoms with E-state index in [9.17, 15) is 0 Å². The second-order valence-corrected chi connectivity index (χ2v) is 10.1. The lowest BCUT2D eigenvalue weighted by atomic mass is 9.95. The first-order valence-electron chi connectivity index (χ1n) is 13.9. The van der Waals surface area contributed by atoms with Gasteiger partial charge in [0.2, 0.25) is 11.8 Å². The number of ether oxygens (including phenoxy) is 4. The predicted octanol–water partition coefficient (Wildman–Crippen LogP) is 6.40. The first-order valence-corrected chi connectivity index (χ1v) is 13.9. The topological polar surface area (TPSA) is 91.1 Å². The quantitative estimate of drug-likeness (QED) is 0.154. The van der Waals surface area contributed by atoms with Crippen molar-refractivity contribution >= 4 is 22.7 Å². The molecule has 0 bridgehead atoms. The standard InChI is InChI=1S/C33H38N4O4/c1-38-33(39-2)26-18-20-37(21-19-26)29-15-9-14-27(31(29)34)35-28-16-17-30(40-22-24-10-5-3-6-11-24)36-32(28)41-23-25-12-7-4-8-13-25/h3-17,26,33,35H,18-23,34H2,1-2H3. The third-order valence-corrected chi connectivity index (χ3v) is 7.36. The lowest BCUT2D eigenvalue weighted by Gasteiger charge is -2.36. The average Bonchev–Trinajstić information content (AvgIpc) is 3.03. The summed E-state index contributed by atoms with van der Waals surface area (Å²) in [6.45, 7) is 2.54. The summed E-state index contributed by atoms with van der Waals surface area (Å²) in [4.78, 5) is 7.02. The smallest absolute Gasteiger partial charge is 0.241 e. The molecular weight excluding hydrogens is 516 g/mol. The Morgan fingerprint density at radius 3 is 2.05 bits per heavy atom. The van der Waals surface area contributed by atoms with Crippen LogP contribution in [-0.4, -0.2) is 38.6 Å². The van der Waals surface area contributed by atoms with E-state index in [1.165, 1.54) is 0 Å². The van der Waals surface area contributed by atoms with Crippen LogP contribution in [0.1, 0.15) is 24.0 Å². The highest BCUT2D eigenvalue weighted by molar-refractivity contribution is 5.84. The molecule has 0 aliphatic carbocycles. The minimum Gasteiger partial charge on any atom is -0.473 e. The molecule has 1 fully saturated rings.